The molecular formula is C19H24N4O2S2. The van der Waals surface area contributed by atoms with Crippen molar-refractivity contribution in [2.45, 2.75) is 31.2 Å². The Kier molecular flexibility index (Phi) is 7.99. The molecule has 0 aliphatic rings. The van der Waals surface area contributed by atoms with E-state index in [1.165, 1.54) is 29.3 Å². The molecule has 3 N–H and O–H groups in total. The predicted molar refractivity (Wildman–Crippen MR) is 113 cm³/mol. The van der Waals surface area contributed by atoms with Crippen LogP contribution >= 0.6 is 23.1 Å². The van der Waals surface area contributed by atoms with Gasteiger partial charge in [0, 0.05) is 42.1 Å². The number of thiophene rings is 1. The van der Waals surface area contributed by atoms with E-state index in [2.05, 4.69) is 15.6 Å². The number of thioether (sulfide) groups is 1. The highest BCUT2D eigenvalue weighted by molar-refractivity contribution is 8.00. The summed E-state index contributed by atoms with van der Waals surface area (Å²) in [6.07, 6.45) is 3.79. The van der Waals surface area contributed by atoms with Crippen molar-refractivity contribution >= 4 is 46.7 Å². The fraction of sp³-hybridized carbons (Fsp3) is 0.368. The predicted octanol–water partition coefficient (Wildman–Crippen LogP) is 3.79. The van der Waals surface area contributed by atoms with E-state index in [0.717, 1.165) is 17.0 Å². The highest BCUT2D eigenvalue weighted by atomic mass is 32.2. The molecule has 0 spiro atoms. The lowest BCUT2D eigenvalue weighted by atomic mass is 10.1. The molecule has 0 aliphatic heterocycles. The minimum atomic E-state index is -0.269. The Morgan fingerprint density at radius 2 is 2.15 bits per heavy atom. The standard InChI is InChI=1S/C19H24N4O2S2/c1-4-8-22-18(25)12(2)16-5-6-17(27-16)15(24)11-26-19-13(10-20)14(21-3)7-9-23-19/h5-7,9-10,12,20H,4,8,11H2,1-3H3,(H,21,23)(H,22,25). The van der Waals surface area contributed by atoms with E-state index >= 15 is 0 Å². The molecule has 144 valence electrons. The molecule has 0 aromatic carbocycles. The number of Topliss-reactive ketones (excluding diaryl/α,β-unsaturated/α-hetero) is 1. The largest absolute Gasteiger partial charge is 0.387 e. The Morgan fingerprint density at radius 3 is 2.81 bits per heavy atom. The van der Waals surface area contributed by atoms with Crippen molar-refractivity contribution in [3.05, 3.63) is 39.7 Å². The number of ketones is 1. The van der Waals surface area contributed by atoms with E-state index in [9.17, 15) is 9.59 Å². The summed E-state index contributed by atoms with van der Waals surface area (Å²) in [7, 11) is 1.78. The van der Waals surface area contributed by atoms with Crippen molar-refractivity contribution in [3.63, 3.8) is 0 Å². The van der Waals surface area contributed by atoms with E-state index < -0.39 is 0 Å². The van der Waals surface area contributed by atoms with Crippen LogP contribution in [0.1, 0.15) is 46.3 Å². The second-order valence-corrected chi connectivity index (χ2v) is 7.98. The Labute approximate surface area is 167 Å². The Morgan fingerprint density at radius 1 is 1.37 bits per heavy atom. The second-order valence-electron chi connectivity index (χ2n) is 5.90. The zero-order valence-corrected chi connectivity index (χ0v) is 17.3. The van der Waals surface area contributed by atoms with Crippen LogP contribution in [0.15, 0.2) is 29.4 Å². The summed E-state index contributed by atoms with van der Waals surface area (Å²) in [6, 6.07) is 5.42. The van der Waals surface area contributed by atoms with Crippen LogP contribution in [0, 0.1) is 5.41 Å². The molecule has 2 heterocycles. The molecule has 8 heteroatoms. The maximum atomic E-state index is 12.5. The fourth-order valence-electron chi connectivity index (χ4n) is 2.40. The summed E-state index contributed by atoms with van der Waals surface area (Å²) < 4.78 is 0. The first kappa shape index (κ1) is 21.1. The topological polar surface area (TPSA) is 94.9 Å². The Balaban J connectivity index is 2.03. The van der Waals surface area contributed by atoms with Crippen molar-refractivity contribution in [3.8, 4) is 0 Å². The molecule has 2 aromatic heterocycles. The summed E-state index contributed by atoms with van der Waals surface area (Å²) in [5.74, 6) is -0.0628. The maximum Gasteiger partial charge on any atom is 0.228 e. The lowest BCUT2D eigenvalue weighted by Crippen LogP contribution is -2.28. The highest BCUT2D eigenvalue weighted by Gasteiger charge is 2.19. The molecule has 1 atom stereocenters. The average Bonchev–Trinajstić information content (AvgIpc) is 3.19. The van der Waals surface area contributed by atoms with Crippen molar-refractivity contribution in [2.24, 2.45) is 0 Å². The first-order valence-electron chi connectivity index (χ1n) is 8.72. The number of pyridine rings is 1. The lowest BCUT2D eigenvalue weighted by molar-refractivity contribution is -0.122. The van der Waals surface area contributed by atoms with Crippen LogP contribution in [-0.2, 0) is 4.79 Å². The minimum Gasteiger partial charge on any atom is -0.387 e. The molecule has 0 aliphatic carbocycles. The van der Waals surface area contributed by atoms with Crippen LogP contribution in [0.25, 0.3) is 0 Å². The molecule has 0 saturated carbocycles. The molecule has 0 fully saturated rings. The van der Waals surface area contributed by atoms with E-state index in [4.69, 9.17) is 5.41 Å². The van der Waals surface area contributed by atoms with Crippen molar-refractivity contribution in [1.29, 1.82) is 5.41 Å². The SMILES string of the molecule is CCCNC(=O)C(C)c1ccc(C(=O)CSc2nccc(NC)c2C=N)s1. The van der Waals surface area contributed by atoms with Crippen LogP contribution in [0.5, 0.6) is 0 Å². The normalized spacial score (nSPS) is 11.7. The minimum absolute atomic E-state index is 0.00925. The van der Waals surface area contributed by atoms with Gasteiger partial charge in [-0.15, -0.1) is 11.3 Å². The van der Waals surface area contributed by atoms with Gasteiger partial charge in [0.15, 0.2) is 5.78 Å². The maximum absolute atomic E-state index is 12.5. The number of hydrogen-bond donors (Lipinski definition) is 3. The van der Waals surface area contributed by atoms with Gasteiger partial charge in [0.1, 0.15) is 5.03 Å². The summed E-state index contributed by atoms with van der Waals surface area (Å²) in [6.45, 7) is 4.52. The van der Waals surface area contributed by atoms with Gasteiger partial charge in [-0.2, -0.15) is 0 Å². The van der Waals surface area contributed by atoms with E-state index in [1.807, 2.05) is 19.9 Å². The molecular weight excluding hydrogens is 380 g/mol. The number of rotatable bonds is 10. The number of amides is 1. The lowest BCUT2D eigenvalue weighted by Gasteiger charge is -2.09. The molecule has 1 unspecified atom stereocenters. The van der Waals surface area contributed by atoms with E-state index in [1.54, 1.807) is 25.4 Å². The van der Waals surface area contributed by atoms with E-state index in [-0.39, 0.29) is 23.4 Å². The summed E-state index contributed by atoms with van der Waals surface area (Å²) >= 11 is 2.68. The van der Waals surface area contributed by atoms with Crippen LogP contribution < -0.4 is 10.6 Å². The van der Waals surface area contributed by atoms with E-state index in [0.29, 0.717) is 22.0 Å². The first-order chi connectivity index (χ1) is 13.0. The van der Waals surface area contributed by atoms with Gasteiger partial charge < -0.3 is 16.0 Å². The van der Waals surface area contributed by atoms with Crippen molar-refractivity contribution < 1.29 is 9.59 Å². The number of carbonyl (C=O) groups is 2. The fourth-order valence-corrected chi connectivity index (χ4v) is 4.37. The van der Waals surface area contributed by atoms with Crippen LogP contribution in [-0.4, -0.2) is 42.2 Å². The van der Waals surface area contributed by atoms with Gasteiger partial charge >= 0.3 is 0 Å². The molecule has 2 rings (SSSR count). The second kappa shape index (κ2) is 10.2. The van der Waals surface area contributed by atoms with Crippen molar-refractivity contribution in [1.82, 2.24) is 10.3 Å². The quantitative estimate of drug-likeness (QED) is 0.318. The summed E-state index contributed by atoms with van der Waals surface area (Å²) in [5.41, 5.74) is 1.48. The van der Waals surface area contributed by atoms with Crippen LogP contribution in [0.2, 0.25) is 0 Å². The third kappa shape index (κ3) is 5.40. The molecule has 0 bridgehead atoms. The van der Waals surface area contributed by atoms with Gasteiger partial charge in [0.25, 0.3) is 0 Å². The van der Waals surface area contributed by atoms with Gasteiger partial charge in [0.05, 0.1) is 16.5 Å². The summed E-state index contributed by atoms with van der Waals surface area (Å²) in [4.78, 5) is 30.4. The number of aromatic nitrogens is 1. The van der Waals surface area contributed by atoms with Gasteiger partial charge in [-0.3, -0.25) is 9.59 Å². The van der Waals surface area contributed by atoms with Crippen LogP contribution in [0.3, 0.4) is 0 Å². The Bertz CT molecular complexity index is 820. The first-order valence-corrected chi connectivity index (χ1v) is 10.5. The van der Waals surface area contributed by atoms with Gasteiger partial charge in [0.2, 0.25) is 5.91 Å². The number of hydrogen-bond acceptors (Lipinski definition) is 7. The average molecular weight is 405 g/mol. The smallest absolute Gasteiger partial charge is 0.228 e. The molecule has 6 nitrogen and oxygen atoms in total. The number of anilines is 1. The Hall–Kier alpha value is -2.19. The third-order valence-electron chi connectivity index (χ3n) is 3.98. The molecule has 1 amide bonds. The number of carbonyl (C=O) groups excluding carboxylic acids is 2. The molecule has 0 radical (unpaired) electrons. The zero-order valence-electron chi connectivity index (χ0n) is 15.7. The monoisotopic (exact) mass is 404 g/mol. The molecule has 27 heavy (non-hydrogen) atoms. The third-order valence-corrected chi connectivity index (χ3v) is 6.29. The number of nitrogens with one attached hydrogen (secondary N) is 3. The van der Waals surface area contributed by atoms with Gasteiger partial charge in [-0.05, 0) is 31.5 Å². The zero-order chi connectivity index (χ0) is 19.8. The van der Waals surface area contributed by atoms with Crippen LogP contribution in [0.4, 0.5) is 5.69 Å². The van der Waals surface area contributed by atoms with Gasteiger partial charge in [-0.1, -0.05) is 18.7 Å². The highest BCUT2D eigenvalue weighted by Crippen LogP contribution is 2.29. The van der Waals surface area contributed by atoms with Gasteiger partial charge in [-0.25, -0.2) is 4.98 Å². The van der Waals surface area contributed by atoms with Crippen molar-refractivity contribution in [2.75, 3.05) is 24.7 Å². The number of nitrogens with zero attached hydrogens (tertiary/aromatic N) is 1. The summed E-state index contributed by atoms with van der Waals surface area (Å²) in [5, 5.41) is 14.1. The molecule has 2 aromatic rings. The molecule has 0 saturated heterocycles.